The summed E-state index contributed by atoms with van der Waals surface area (Å²) in [5.74, 6) is 0. The first kappa shape index (κ1) is 17.3. The van der Waals surface area contributed by atoms with Gasteiger partial charge < -0.3 is 14.6 Å². The minimum atomic E-state index is -0.186. The summed E-state index contributed by atoms with van der Waals surface area (Å²) in [7, 11) is 1.72. The van der Waals surface area contributed by atoms with Gasteiger partial charge in [0.2, 0.25) is 0 Å². The van der Waals surface area contributed by atoms with Crippen LogP contribution in [0.3, 0.4) is 0 Å². The molecule has 3 rings (SSSR count). The van der Waals surface area contributed by atoms with E-state index in [1.807, 2.05) is 13.8 Å². The van der Waals surface area contributed by atoms with Gasteiger partial charge in [-0.15, -0.1) is 11.3 Å². The van der Waals surface area contributed by atoms with Crippen molar-refractivity contribution in [2.75, 3.05) is 26.8 Å². The van der Waals surface area contributed by atoms with Crippen molar-refractivity contribution >= 4 is 11.3 Å². The van der Waals surface area contributed by atoms with Crippen molar-refractivity contribution in [3.05, 3.63) is 16.1 Å². The van der Waals surface area contributed by atoms with Gasteiger partial charge in [0, 0.05) is 37.5 Å². The number of likely N-dealkylation sites (tertiary alicyclic amines) is 1. The summed E-state index contributed by atoms with van der Waals surface area (Å²) < 4.78 is 11.2. The van der Waals surface area contributed by atoms with Crippen LogP contribution in [0, 0.1) is 5.41 Å². The quantitative estimate of drug-likeness (QED) is 0.863. The Morgan fingerprint density at radius 1 is 1.48 bits per heavy atom. The fourth-order valence-corrected chi connectivity index (χ4v) is 4.70. The molecule has 3 atom stereocenters. The normalized spacial score (nSPS) is 28.7. The van der Waals surface area contributed by atoms with Crippen molar-refractivity contribution in [2.24, 2.45) is 5.41 Å². The molecule has 5 nitrogen and oxygen atoms in total. The summed E-state index contributed by atoms with van der Waals surface area (Å²) in [5, 5.41) is 13.4. The summed E-state index contributed by atoms with van der Waals surface area (Å²) in [6.45, 7) is 7.70. The second kappa shape index (κ2) is 7.15. The molecule has 0 radical (unpaired) electrons. The second-order valence-corrected chi connectivity index (χ2v) is 7.65. The minimum absolute atomic E-state index is 0.00428. The molecule has 1 N–H and O–H groups in total. The van der Waals surface area contributed by atoms with Gasteiger partial charge in [0.25, 0.3) is 0 Å². The third-order valence-electron chi connectivity index (χ3n) is 5.55. The molecule has 130 valence electrons. The molecule has 0 bridgehead atoms. The molecule has 2 aliphatic rings. The van der Waals surface area contributed by atoms with Crippen LogP contribution >= 0.6 is 11.3 Å². The minimum Gasteiger partial charge on any atom is -0.392 e. The number of rotatable bonds is 6. The first-order chi connectivity index (χ1) is 11.1. The molecule has 2 fully saturated rings. The van der Waals surface area contributed by atoms with Crippen LogP contribution < -0.4 is 0 Å². The van der Waals surface area contributed by atoms with Crippen LogP contribution in [0.15, 0.2) is 5.38 Å². The van der Waals surface area contributed by atoms with Crippen LogP contribution in [-0.4, -0.2) is 54.0 Å². The average molecular weight is 340 g/mol. The number of aromatic nitrogens is 1. The van der Waals surface area contributed by atoms with Crippen molar-refractivity contribution in [2.45, 2.75) is 58.0 Å². The monoisotopic (exact) mass is 340 g/mol. The van der Waals surface area contributed by atoms with Crippen LogP contribution in [0.4, 0.5) is 0 Å². The van der Waals surface area contributed by atoms with Crippen LogP contribution in [0.2, 0.25) is 0 Å². The van der Waals surface area contributed by atoms with E-state index in [1.165, 1.54) is 0 Å². The molecule has 6 heteroatoms. The van der Waals surface area contributed by atoms with E-state index in [0.29, 0.717) is 0 Å². The van der Waals surface area contributed by atoms with Gasteiger partial charge in [-0.05, 0) is 39.8 Å². The Morgan fingerprint density at radius 3 is 2.83 bits per heavy atom. The third kappa shape index (κ3) is 3.33. The molecule has 3 unspecified atom stereocenters. The van der Waals surface area contributed by atoms with Gasteiger partial charge >= 0.3 is 0 Å². The van der Waals surface area contributed by atoms with Gasteiger partial charge in [-0.25, -0.2) is 4.98 Å². The summed E-state index contributed by atoms with van der Waals surface area (Å²) in [6.07, 6.45) is 2.97. The maximum atomic E-state index is 10.3. The Balaban J connectivity index is 1.54. The van der Waals surface area contributed by atoms with Crippen LogP contribution in [0.5, 0.6) is 0 Å². The molecule has 1 aliphatic carbocycles. The fourth-order valence-electron chi connectivity index (χ4n) is 3.86. The van der Waals surface area contributed by atoms with Gasteiger partial charge in [-0.1, -0.05) is 0 Å². The zero-order valence-electron chi connectivity index (χ0n) is 14.3. The summed E-state index contributed by atoms with van der Waals surface area (Å²) in [4.78, 5) is 7.12. The maximum Gasteiger partial charge on any atom is 0.122 e. The third-order valence-corrected chi connectivity index (χ3v) is 6.61. The van der Waals surface area contributed by atoms with E-state index >= 15 is 0 Å². The van der Waals surface area contributed by atoms with E-state index in [0.717, 1.165) is 56.2 Å². The molecule has 2 heterocycles. The summed E-state index contributed by atoms with van der Waals surface area (Å²) >= 11 is 1.67. The number of aliphatic hydroxyl groups is 1. The number of methoxy groups -OCH3 is 1. The first-order valence-corrected chi connectivity index (χ1v) is 9.46. The van der Waals surface area contributed by atoms with E-state index in [-0.39, 0.29) is 23.7 Å². The standard InChI is InChI=1S/C17H28N2O3S/c1-4-22-15-9-14(20)17(15)5-7-19(8-6-17)10-13-11-23-16(18-13)12(2)21-3/h11-12,14-15,20H,4-10H2,1-3H3. The zero-order chi connectivity index (χ0) is 16.4. The van der Waals surface area contributed by atoms with Crippen LogP contribution in [0.25, 0.3) is 0 Å². The van der Waals surface area contributed by atoms with Crippen molar-refractivity contribution < 1.29 is 14.6 Å². The molecule has 0 aromatic carbocycles. The van der Waals surface area contributed by atoms with E-state index in [9.17, 15) is 5.11 Å². The van der Waals surface area contributed by atoms with E-state index in [4.69, 9.17) is 9.47 Å². The van der Waals surface area contributed by atoms with E-state index in [1.54, 1.807) is 18.4 Å². The first-order valence-electron chi connectivity index (χ1n) is 8.58. The van der Waals surface area contributed by atoms with E-state index in [2.05, 4.69) is 15.3 Å². The smallest absolute Gasteiger partial charge is 0.122 e. The van der Waals surface area contributed by atoms with E-state index < -0.39 is 0 Å². The lowest BCUT2D eigenvalue weighted by atomic mass is 9.58. The highest BCUT2D eigenvalue weighted by atomic mass is 32.1. The van der Waals surface area contributed by atoms with Gasteiger partial charge in [-0.2, -0.15) is 0 Å². The molecule has 23 heavy (non-hydrogen) atoms. The van der Waals surface area contributed by atoms with Crippen LogP contribution in [-0.2, 0) is 16.0 Å². The topological polar surface area (TPSA) is 54.8 Å². The average Bonchev–Trinajstić information content (AvgIpc) is 3.03. The second-order valence-electron chi connectivity index (χ2n) is 6.76. The Hall–Kier alpha value is -0.530. The maximum absolute atomic E-state index is 10.3. The summed E-state index contributed by atoms with van der Waals surface area (Å²) in [6, 6.07) is 0. The Labute approximate surface area is 142 Å². The number of hydrogen-bond donors (Lipinski definition) is 1. The molecule has 1 spiro atoms. The number of hydrogen-bond acceptors (Lipinski definition) is 6. The predicted octanol–water partition coefficient (Wildman–Crippen LogP) is 2.60. The highest BCUT2D eigenvalue weighted by molar-refractivity contribution is 7.09. The Kier molecular flexibility index (Phi) is 5.38. The van der Waals surface area contributed by atoms with Crippen molar-refractivity contribution in [3.8, 4) is 0 Å². The Bertz CT molecular complexity index is 512. The fraction of sp³-hybridized carbons (Fsp3) is 0.824. The molecule has 1 saturated carbocycles. The highest BCUT2D eigenvalue weighted by Gasteiger charge is 2.55. The largest absolute Gasteiger partial charge is 0.392 e. The lowest BCUT2D eigenvalue weighted by molar-refractivity contribution is -0.209. The molecule has 1 saturated heterocycles. The van der Waals surface area contributed by atoms with Crippen LogP contribution in [0.1, 0.15) is 49.9 Å². The van der Waals surface area contributed by atoms with Crippen molar-refractivity contribution in [3.63, 3.8) is 0 Å². The number of piperidine rings is 1. The zero-order valence-corrected chi connectivity index (χ0v) is 15.1. The molecule has 1 aromatic heterocycles. The van der Waals surface area contributed by atoms with Crippen molar-refractivity contribution in [1.82, 2.24) is 9.88 Å². The van der Waals surface area contributed by atoms with Gasteiger partial charge in [0.05, 0.1) is 17.9 Å². The molecule has 0 amide bonds. The van der Waals surface area contributed by atoms with Gasteiger partial charge in [0.15, 0.2) is 0 Å². The lowest BCUT2D eigenvalue weighted by Gasteiger charge is -2.56. The number of aliphatic hydroxyl groups excluding tert-OH is 1. The highest BCUT2D eigenvalue weighted by Crippen LogP contribution is 2.51. The number of thiazole rings is 1. The van der Waals surface area contributed by atoms with Gasteiger partial charge in [-0.3, -0.25) is 4.90 Å². The van der Waals surface area contributed by atoms with Gasteiger partial charge in [0.1, 0.15) is 11.1 Å². The molecular weight excluding hydrogens is 312 g/mol. The molecule has 1 aliphatic heterocycles. The van der Waals surface area contributed by atoms with Crippen molar-refractivity contribution in [1.29, 1.82) is 0 Å². The number of ether oxygens (including phenoxy) is 2. The lowest BCUT2D eigenvalue weighted by Crippen LogP contribution is -2.62. The predicted molar refractivity (Wildman–Crippen MR) is 90.5 cm³/mol. The Morgan fingerprint density at radius 2 is 2.22 bits per heavy atom. The summed E-state index contributed by atoms with van der Waals surface area (Å²) in [5.41, 5.74) is 1.13. The number of nitrogens with zero attached hydrogens (tertiary/aromatic N) is 2. The SMILES string of the molecule is CCOC1CC(O)C12CCN(Cc1csc(C(C)OC)n1)CC2. The molecule has 1 aromatic rings. The molecular formula is C17H28N2O3S.